The van der Waals surface area contributed by atoms with Crippen molar-refractivity contribution in [3.05, 3.63) is 18.0 Å². The largest absolute Gasteiger partial charge is 0.379 e. The van der Waals surface area contributed by atoms with Crippen molar-refractivity contribution in [2.45, 2.75) is 12.5 Å². The summed E-state index contributed by atoms with van der Waals surface area (Å²) < 4.78 is 5.38. The number of carbonyl (C=O) groups excluding carboxylic acids is 1. The number of hydrogen-bond donors (Lipinski definition) is 0. The highest BCUT2D eigenvalue weighted by Crippen LogP contribution is 2.20. The average Bonchev–Trinajstić information content (AvgIpc) is 2.98. The number of nitrogens with zero attached hydrogens (tertiary/aromatic N) is 4. The molecule has 0 spiro atoms. The van der Waals surface area contributed by atoms with Gasteiger partial charge >= 0.3 is 0 Å². The molecule has 2 fully saturated rings. The molecule has 1 aromatic rings. The molecule has 19 heavy (non-hydrogen) atoms. The van der Waals surface area contributed by atoms with Gasteiger partial charge in [0.2, 0.25) is 5.95 Å². The van der Waals surface area contributed by atoms with Crippen LogP contribution in [0.4, 0.5) is 5.95 Å². The zero-order chi connectivity index (χ0) is 13.1. The van der Waals surface area contributed by atoms with E-state index in [2.05, 4.69) is 19.8 Å². The third kappa shape index (κ3) is 2.74. The van der Waals surface area contributed by atoms with Crippen molar-refractivity contribution in [1.29, 1.82) is 0 Å². The number of hydrogen-bond acceptors (Lipinski definition) is 6. The van der Waals surface area contributed by atoms with Gasteiger partial charge in [0.05, 0.1) is 18.8 Å². The number of rotatable bonds is 3. The van der Waals surface area contributed by atoms with Crippen LogP contribution in [0.2, 0.25) is 0 Å². The molecule has 1 unspecified atom stereocenters. The van der Waals surface area contributed by atoms with E-state index in [1.54, 1.807) is 12.4 Å². The summed E-state index contributed by atoms with van der Waals surface area (Å²) >= 11 is 0. The predicted molar refractivity (Wildman–Crippen MR) is 70.4 cm³/mol. The van der Waals surface area contributed by atoms with Crippen LogP contribution in [-0.4, -0.2) is 66.6 Å². The normalized spacial score (nSPS) is 24.6. The first-order valence-electron chi connectivity index (χ1n) is 6.71. The molecule has 3 rings (SSSR count). The third-order valence-electron chi connectivity index (χ3n) is 3.80. The monoisotopic (exact) mass is 262 g/mol. The lowest BCUT2D eigenvalue weighted by Gasteiger charge is -2.32. The zero-order valence-electron chi connectivity index (χ0n) is 10.9. The van der Waals surface area contributed by atoms with E-state index < -0.39 is 0 Å². The maximum Gasteiger partial charge on any atom is 0.225 e. The van der Waals surface area contributed by atoms with Gasteiger partial charge in [0, 0.05) is 44.6 Å². The summed E-state index contributed by atoms with van der Waals surface area (Å²) in [5.41, 5.74) is 0.521. The van der Waals surface area contributed by atoms with E-state index >= 15 is 0 Å². The van der Waals surface area contributed by atoms with Crippen LogP contribution in [0.15, 0.2) is 12.4 Å². The Bertz CT molecular complexity index is 431. The van der Waals surface area contributed by atoms with E-state index in [0.717, 1.165) is 58.0 Å². The van der Waals surface area contributed by atoms with Crippen LogP contribution in [0.1, 0.15) is 16.8 Å². The van der Waals surface area contributed by atoms with Gasteiger partial charge in [0.1, 0.15) is 0 Å². The van der Waals surface area contributed by atoms with Crippen LogP contribution in [0, 0.1) is 0 Å². The lowest BCUT2D eigenvalue weighted by Crippen LogP contribution is -2.44. The number of ether oxygens (including phenoxy) is 1. The molecule has 6 heteroatoms. The van der Waals surface area contributed by atoms with Gasteiger partial charge in [-0.1, -0.05) is 0 Å². The summed E-state index contributed by atoms with van der Waals surface area (Å²) in [5.74, 6) is 0.723. The quantitative estimate of drug-likeness (QED) is 0.725. The van der Waals surface area contributed by atoms with Crippen molar-refractivity contribution < 1.29 is 9.53 Å². The topological polar surface area (TPSA) is 58.6 Å². The van der Waals surface area contributed by atoms with Gasteiger partial charge < -0.3 is 9.64 Å². The number of anilines is 1. The summed E-state index contributed by atoms with van der Waals surface area (Å²) in [6.07, 6.45) is 5.07. The van der Waals surface area contributed by atoms with Crippen molar-refractivity contribution >= 4 is 12.2 Å². The Labute approximate surface area is 112 Å². The standard InChI is InChI=1S/C13H18N4O2/c18-10-11-7-14-13(15-8-11)17-2-1-12(9-17)16-3-5-19-6-4-16/h7-8,10,12H,1-6,9H2. The average molecular weight is 262 g/mol. The Kier molecular flexibility index (Phi) is 3.70. The molecule has 102 valence electrons. The lowest BCUT2D eigenvalue weighted by atomic mass is 10.2. The molecular weight excluding hydrogens is 244 g/mol. The summed E-state index contributed by atoms with van der Waals surface area (Å²) in [6, 6.07) is 0.568. The van der Waals surface area contributed by atoms with Crippen LogP contribution in [0.5, 0.6) is 0 Å². The molecule has 0 amide bonds. The maximum absolute atomic E-state index is 10.6. The first-order valence-corrected chi connectivity index (χ1v) is 6.71. The first kappa shape index (κ1) is 12.5. The van der Waals surface area contributed by atoms with E-state index in [-0.39, 0.29) is 0 Å². The molecule has 2 aliphatic heterocycles. The fraction of sp³-hybridized carbons (Fsp3) is 0.615. The Morgan fingerprint density at radius 1 is 1.21 bits per heavy atom. The molecule has 1 atom stereocenters. The molecule has 1 aromatic heterocycles. The van der Waals surface area contributed by atoms with Gasteiger partial charge in [-0.3, -0.25) is 9.69 Å². The lowest BCUT2D eigenvalue weighted by molar-refractivity contribution is 0.0209. The Hall–Kier alpha value is -1.53. The van der Waals surface area contributed by atoms with Crippen molar-refractivity contribution in [3.8, 4) is 0 Å². The van der Waals surface area contributed by atoms with E-state index in [1.165, 1.54) is 0 Å². The molecule has 0 aliphatic carbocycles. The predicted octanol–water partition coefficient (Wildman–Crippen LogP) is 0.200. The second kappa shape index (κ2) is 5.63. The maximum atomic E-state index is 10.6. The highest BCUT2D eigenvalue weighted by molar-refractivity contribution is 5.73. The van der Waals surface area contributed by atoms with Crippen LogP contribution in [0.25, 0.3) is 0 Å². The molecule has 6 nitrogen and oxygen atoms in total. The first-order chi connectivity index (χ1) is 9.36. The molecule has 3 heterocycles. The van der Waals surface area contributed by atoms with Crippen molar-refractivity contribution in [2.24, 2.45) is 0 Å². The molecule has 0 N–H and O–H groups in total. The summed E-state index contributed by atoms with van der Waals surface area (Å²) in [5, 5.41) is 0. The van der Waals surface area contributed by atoms with Gasteiger partial charge in [-0.2, -0.15) is 0 Å². The Morgan fingerprint density at radius 3 is 2.63 bits per heavy atom. The van der Waals surface area contributed by atoms with Crippen molar-refractivity contribution in [2.75, 3.05) is 44.3 Å². The minimum atomic E-state index is 0.521. The molecule has 0 aromatic carbocycles. The molecule has 0 radical (unpaired) electrons. The number of carbonyl (C=O) groups is 1. The van der Waals surface area contributed by atoms with Crippen LogP contribution >= 0.6 is 0 Å². The van der Waals surface area contributed by atoms with Crippen LogP contribution in [-0.2, 0) is 4.74 Å². The second-order valence-electron chi connectivity index (χ2n) is 4.97. The Balaban J connectivity index is 1.62. The molecule has 0 saturated carbocycles. The Morgan fingerprint density at radius 2 is 1.95 bits per heavy atom. The van der Waals surface area contributed by atoms with Gasteiger partial charge in [0.15, 0.2) is 6.29 Å². The fourth-order valence-corrected chi connectivity index (χ4v) is 2.72. The van der Waals surface area contributed by atoms with Gasteiger partial charge in [-0.25, -0.2) is 9.97 Å². The third-order valence-corrected chi connectivity index (χ3v) is 3.80. The van der Waals surface area contributed by atoms with E-state index in [1.807, 2.05) is 0 Å². The SMILES string of the molecule is O=Cc1cnc(N2CCC(N3CCOCC3)C2)nc1. The summed E-state index contributed by atoms with van der Waals surface area (Å²) in [7, 11) is 0. The molecule has 0 bridgehead atoms. The molecule has 2 aliphatic rings. The number of aldehydes is 1. The zero-order valence-corrected chi connectivity index (χ0v) is 10.9. The molecule has 2 saturated heterocycles. The van der Waals surface area contributed by atoms with Crippen LogP contribution in [0.3, 0.4) is 0 Å². The molecular formula is C13H18N4O2. The van der Waals surface area contributed by atoms with Crippen molar-refractivity contribution in [1.82, 2.24) is 14.9 Å². The van der Waals surface area contributed by atoms with Gasteiger partial charge in [0.25, 0.3) is 0 Å². The minimum absolute atomic E-state index is 0.521. The highest BCUT2D eigenvalue weighted by atomic mass is 16.5. The summed E-state index contributed by atoms with van der Waals surface area (Å²) in [6.45, 7) is 5.64. The van der Waals surface area contributed by atoms with Gasteiger partial charge in [-0.05, 0) is 6.42 Å². The van der Waals surface area contributed by atoms with E-state index in [0.29, 0.717) is 11.6 Å². The van der Waals surface area contributed by atoms with E-state index in [4.69, 9.17) is 4.74 Å². The van der Waals surface area contributed by atoms with Crippen molar-refractivity contribution in [3.63, 3.8) is 0 Å². The number of morpholine rings is 1. The van der Waals surface area contributed by atoms with Crippen LogP contribution < -0.4 is 4.90 Å². The minimum Gasteiger partial charge on any atom is -0.379 e. The smallest absolute Gasteiger partial charge is 0.225 e. The fourth-order valence-electron chi connectivity index (χ4n) is 2.72. The highest BCUT2D eigenvalue weighted by Gasteiger charge is 2.29. The second-order valence-corrected chi connectivity index (χ2v) is 4.97. The summed E-state index contributed by atoms with van der Waals surface area (Å²) in [4.78, 5) is 23.8. The number of aromatic nitrogens is 2. The van der Waals surface area contributed by atoms with E-state index in [9.17, 15) is 4.79 Å². The van der Waals surface area contributed by atoms with Gasteiger partial charge in [-0.15, -0.1) is 0 Å².